The molecule has 4 heteroatoms. The molecule has 0 aliphatic carbocycles. The van der Waals surface area contributed by atoms with Gasteiger partial charge in [-0.1, -0.05) is 5.57 Å². The van der Waals surface area contributed by atoms with Crippen molar-refractivity contribution in [1.29, 1.82) is 0 Å². The Morgan fingerprint density at radius 2 is 2.45 bits per heavy atom. The second-order valence-electron chi connectivity index (χ2n) is 2.44. The Kier molecular flexibility index (Phi) is 2.44. The summed E-state index contributed by atoms with van der Waals surface area (Å²) in [5.41, 5.74) is 0.878. The average molecular weight is 174 g/mol. The third-order valence-electron chi connectivity index (χ3n) is 1.60. The highest BCUT2D eigenvalue weighted by atomic mass is 32.2. The zero-order valence-electron chi connectivity index (χ0n) is 6.40. The van der Waals surface area contributed by atoms with Gasteiger partial charge in [0.05, 0.1) is 0 Å². The Morgan fingerprint density at radius 3 is 2.82 bits per heavy atom. The molecule has 3 nitrogen and oxygen atoms in total. The van der Waals surface area contributed by atoms with Gasteiger partial charge < -0.3 is 9.84 Å². The lowest BCUT2D eigenvalue weighted by atomic mass is 10.2. The van der Waals surface area contributed by atoms with Crippen LogP contribution in [0.1, 0.15) is 13.8 Å². The zero-order valence-corrected chi connectivity index (χ0v) is 7.22. The average Bonchev–Trinajstić information content (AvgIpc) is 2.10. The molecule has 0 aromatic heterocycles. The SMILES string of the molecule is CC1=CC(OC(=O)O)SC1C. The van der Waals surface area contributed by atoms with Gasteiger partial charge in [-0.05, 0) is 19.9 Å². The van der Waals surface area contributed by atoms with Crippen molar-refractivity contribution >= 4 is 17.9 Å². The summed E-state index contributed by atoms with van der Waals surface area (Å²) in [5, 5.41) is 8.66. The summed E-state index contributed by atoms with van der Waals surface area (Å²) in [5.74, 6) is 0. The minimum atomic E-state index is -1.21. The fraction of sp³-hybridized carbons (Fsp3) is 0.571. The van der Waals surface area contributed by atoms with Gasteiger partial charge in [-0.2, -0.15) is 0 Å². The van der Waals surface area contributed by atoms with Crippen LogP contribution in [0.2, 0.25) is 0 Å². The van der Waals surface area contributed by atoms with E-state index in [4.69, 9.17) is 5.11 Å². The molecule has 11 heavy (non-hydrogen) atoms. The third kappa shape index (κ3) is 2.15. The molecule has 0 spiro atoms. The van der Waals surface area contributed by atoms with Crippen molar-refractivity contribution in [1.82, 2.24) is 0 Å². The largest absolute Gasteiger partial charge is 0.507 e. The lowest BCUT2D eigenvalue weighted by Crippen LogP contribution is -2.08. The molecule has 1 aliphatic rings. The molecule has 1 N–H and O–H groups in total. The summed E-state index contributed by atoms with van der Waals surface area (Å²) in [6.45, 7) is 4.00. The van der Waals surface area contributed by atoms with Crippen LogP contribution in [0.5, 0.6) is 0 Å². The fourth-order valence-electron chi connectivity index (χ4n) is 0.859. The lowest BCUT2D eigenvalue weighted by Gasteiger charge is -2.06. The van der Waals surface area contributed by atoms with Crippen LogP contribution >= 0.6 is 11.8 Å². The van der Waals surface area contributed by atoms with Crippen molar-refractivity contribution in [3.8, 4) is 0 Å². The standard InChI is InChI=1S/C7H10O3S/c1-4-3-6(10-7(8)9)11-5(4)2/h3,5-6H,1-2H3,(H,8,9). The second kappa shape index (κ2) is 3.17. The van der Waals surface area contributed by atoms with Crippen molar-refractivity contribution < 1.29 is 14.6 Å². The minimum absolute atomic E-state index is 0.303. The predicted molar refractivity (Wildman–Crippen MR) is 43.7 cm³/mol. The van der Waals surface area contributed by atoms with Crippen LogP contribution in [-0.2, 0) is 4.74 Å². The molecule has 0 saturated carbocycles. The Bertz CT molecular complexity index is 200. The van der Waals surface area contributed by atoms with Gasteiger partial charge in [0.25, 0.3) is 0 Å². The van der Waals surface area contributed by atoms with Gasteiger partial charge in [0.15, 0.2) is 5.44 Å². The van der Waals surface area contributed by atoms with Crippen molar-refractivity contribution in [3.05, 3.63) is 11.6 Å². The zero-order chi connectivity index (χ0) is 8.43. The van der Waals surface area contributed by atoms with Crippen molar-refractivity contribution in [2.45, 2.75) is 24.5 Å². The van der Waals surface area contributed by atoms with E-state index in [0.717, 1.165) is 0 Å². The van der Waals surface area contributed by atoms with Crippen molar-refractivity contribution in [2.75, 3.05) is 0 Å². The number of carboxylic acid groups (broad SMARTS) is 1. The fourth-order valence-corrected chi connectivity index (χ4v) is 1.99. The second-order valence-corrected chi connectivity index (χ2v) is 3.89. The van der Waals surface area contributed by atoms with E-state index in [1.165, 1.54) is 17.3 Å². The van der Waals surface area contributed by atoms with Crippen LogP contribution in [0, 0.1) is 0 Å². The molecule has 62 valence electrons. The maximum Gasteiger partial charge on any atom is 0.507 e. The van der Waals surface area contributed by atoms with Gasteiger partial charge in [0.2, 0.25) is 0 Å². The number of hydrogen-bond acceptors (Lipinski definition) is 3. The molecular weight excluding hydrogens is 164 g/mol. The Morgan fingerprint density at radius 1 is 1.82 bits per heavy atom. The maximum atomic E-state index is 10.1. The number of carbonyl (C=O) groups is 1. The summed E-state index contributed by atoms with van der Waals surface area (Å²) in [6.07, 6.45) is 0.629. The molecule has 1 heterocycles. The summed E-state index contributed by atoms with van der Waals surface area (Å²) in [4.78, 5) is 10.1. The van der Waals surface area contributed by atoms with Crippen LogP contribution in [-0.4, -0.2) is 21.9 Å². The summed E-state index contributed by atoms with van der Waals surface area (Å²) < 4.78 is 4.56. The molecule has 0 fully saturated rings. The highest BCUT2D eigenvalue weighted by Gasteiger charge is 2.23. The molecule has 1 aliphatic heterocycles. The minimum Gasteiger partial charge on any atom is -0.450 e. The van der Waals surface area contributed by atoms with Gasteiger partial charge in [-0.25, -0.2) is 4.79 Å². The van der Waals surface area contributed by atoms with Gasteiger partial charge in [0.1, 0.15) is 0 Å². The number of hydrogen-bond donors (Lipinski definition) is 1. The van der Waals surface area contributed by atoms with Gasteiger partial charge in [0, 0.05) is 5.25 Å². The van der Waals surface area contributed by atoms with Crippen LogP contribution in [0.4, 0.5) is 4.79 Å². The molecular formula is C7H10O3S. The molecule has 2 atom stereocenters. The molecule has 0 amide bonds. The van der Waals surface area contributed by atoms with E-state index in [1.54, 1.807) is 0 Å². The first-order chi connectivity index (χ1) is 5.09. The molecule has 0 radical (unpaired) electrons. The molecule has 0 aromatic carbocycles. The third-order valence-corrected chi connectivity index (χ3v) is 2.88. The summed E-state index contributed by atoms with van der Waals surface area (Å²) >= 11 is 1.51. The van der Waals surface area contributed by atoms with E-state index in [1.807, 2.05) is 19.9 Å². The Hall–Kier alpha value is -0.640. The van der Waals surface area contributed by atoms with Gasteiger partial charge >= 0.3 is 6.16 Å². The first kappa shape index (κ1) is 8.46. The molecule has 0 bridgehead atoms. The van der Waals surface area contributed by atoms with E-state index < -0.39 is 6.16 Å². The van der Waals surface area contributed by atoms with Crippen LogP contribution in [0.3, 0.4) is 0 Å². The highest BCUT2D eigenvalue weighted by molar-refractivity contribution is 8.01. The Balaban J connectivity index is 2.47. The molecule has 1 rings (SSSR count). The first-order valence-corrected chi connectivity index (χ1v) is 4.27. The number of ether oxygens (including phenoxy) is 1. The maximum absolute atomic E-state index is 10.1. The highest BCUT2D eigenvalue weighted by Crippen LogP contribution is 2.32. The van der Waals surface area contributed by atoms with Crippen LogP contribution in [0.25, 0.3) is 0 Å². The monoisotopic (exact) mass is 174 g/mol. The van der Waals surface area contributed by atoms with Crippen LogP contribution < -0.4 is 0 Å². The van der Waals surface area contributed by atoms with E-state index >= 15 is 0 Å². The molecule has 0 aromatic rings. The summed E-state index contributed by atoms with van der Waals surface area (Å²) in [7, 11) is 0. The predicted octanol–water partition coefficient (Wildman–Crippen LogP) is 2.09. The summed E-state index contributed by atoms with van der Waals surface area (Å²) in [6, 6.07) is 0. The normalized spacial score (nSPS) is 29.8. The van der Waals surface area contributed by atoms with E-state index in [9.17, 15) is 4.79 Å². The quantitative estimate of drug-likeness (QED) is 0.488. The molecule has 2 unspecified atom stereocenters. The Labute approximate surface area is 69.4 Å². The smallest absolute Gasteiger partial charge is 0.450 e. The van der Waals surface area contributed by atoms with E-state index in [0.29, 0.717) is 5.25 Å². The van der Waals surface area contributed by atoms with Crippen LogP contribution in [0.15, 0.2) is 11.6 Å². The van der Waals surface area contributed by atoms with Gasteiger partial charge in [-0.15, -0.1) is 11.8 Å². The van der Waals surface area contributed by atoms with E-state index in [2.05, 4.69) is 4.74 Å². The van der Waals surface area contributed by atoms with Gasteiger partial charge in [-0.3, -0.25) is 0 Å². The topological polar surface area (TPSA) is 46.5 Å². The number of rotatable bonds is 1. The number of thioether (sulfide) groups is 1. The lowest BCUT2D eigenvalue weighted by molar-refractivity contribution is 0.0939. The van der Waals surface area contributed by atoms with Crippen molar-refractivity contribution in [3.63, 3.8) is 0 Å². The van der Waals surface area contributed by atoms with E-state index in [-0.39, 0.29) is 5.44 Å². The molecule has 0 saturated heterocycles. The van der Waals surface area contributed by atoms with Crippen molar-refractivity contribution in [2.24, 2.45) is 0 Å². The first-order valence-electron chi connectivity index (χ1n) is 3.33.